The van der Waals surface area contributed by atoms with E-state index in [1.807, 2.05) is 0 Å². The van der Waals surface area contributed by atoms with Crippen molar-refractivity contribution in [2.75, 3.05) is 27.6 Å². The predicted molar refractivity (Wildman–Crippen MR) is 48.1 cm³/mol. The standard InChI is InChI=1S/C9H17NO4/c1-7(11)14-8(5-9(12)13)6-10(2,3)4/h8H,5-6H2,1-4H3/t8-/m1/s1/i5D2,6D2. The molecule has 0 rings (SSSR count). The van der Waals surface area contributed by atoms with E-state index in [2.05, 4.69) is 4.74 Å². The molecule has 5 heteroatoms. The van der Waals surface area contributed by atoms with Gasteiger partial charge in [0.1, 0.15) is 6.50 Å². The number of hydrogen-bond acceptors (Lipinski definition) is 4. The highest BCUT2D eigenvalue weighted by Gasteiger charge is 2.20. The van der Waals surface area contributed by atoms with Crippen LogP contribution in [0.1, 0.15) is 18.8 Å². The van der Waals surface area contributed by atoms with Crippen LogP contribution in [0.25, 0.3) is 0 Å². The Morgan fingerprint density at radius 3 is 2.29 bits per heavy atom. The fourth-order valence-corrected chi connectivity index (χ4v) is 0.713. The molecule has 0 heterocycles. The number of esters is 1. The first kappa shape index (κ1) is 7.23. The number of carboxylic acid groups (broad SMARTS) is 1. The van der Waals surface area contributed by atoms with Crippen molar-refractivity contribution < 1.29 is 29.4 Å². The molecule has 0 aromatic carbocycles. The highest BCUT2D eigenvalue weighted by Crippen LogP contribution is 2.04. The van der Waals surface area contributed by atoms with Crippen LogP contribution in [-0.4, -0.2) is 50.2 Å². The van der Waals surface area contributed by atoms with Gasteiger partial charge in [0.15, 0.2) is 6.10 Å². The van der Waals surface area contributed by atoms with Crippen LogP contribution in [0.15, 0.2) is 0 Å². The van der Waals surface area contributed by atoms with Gasteiger partial charge >= 0.3 is 5.97 Å². The third-order valence-corrected chi connectivity index (χ3v) is 1.04. The second-order valence-corrected chi connectivity index (χ2v) is 3.56. The summed E-state index contributed by atoms with van der Waals surface area (Å²) in [4.78, 5) is 21.7. The predicted octanol–water partition coefficient (Wildman–Crippen LogP) is -1.24. The molecule has 0 bridgehead atoms. The summed E-state index contributed by atoms with van der Waals surface area (Å²) in [5.41, 5.74) is 0. The molecule has 0 aliphatic heterocycles. The number of ether oxygens (including phenoxy) is 1. The van der Waals surface area contributed by atoms with Gasteiger partial charge in [-0.1, -0.05) is 0 Å². The summed E-state index contributed by atoms with van der Waals surface area (Å²) >= 11 is 0. The topological polar surface area (TPSA) is 66.4 Å². The van der Waals surface area contributed by atoms with Crippen molar-refractivity contribution in [2.45, 2.75) is 19.4 Å². The third-order valence-electron chi connectivity index (χ3n) is 1.04. The Labute approximate surface area is 89.5 Å². The van der Waals surface area contributed by atoms with E-state index in [4.69, 9.17) is 5.48 Å². The Morgan fingerprint density at radius 1 is 1.50 bits per heavy atom. The van der Waals surface area contributed by atoms with E-state index in [-0.39, 0.29) is 0 Å². The van der Waals surface area contributed by atoms with Crippen molar-refractivity contribution in [3.05, 3.63) is 0 Å². The average Bonchev–Trinajstić information content (AvgIpc) is 2.11. The van der Waals surface area contributed by atoms with E-state index in [0.717, 1.165) is 6.92 Å². The van der Waals surface area contributed by atoms with Gasteiger partial charge in [-0.3, -0.25) is 4.79 Å². The molecule has 82 valence electrons. The van der Waals surface area contributed by atoms with Crippen LogP contribution in [0, 0.1) is 0 Å². The minimum Gasteiger partial charge on any atom is -0.550 e. The first-order chi connectivity index (χ1) is 7.74. The Kier molecular flexibility index (Phi) is 2.55. The van der Waals surface area contributed by atoms with Gasteiger partial charge < -0.3 is 19.1 Å². The summed E-state index contributed by atoms with van der Waals surface area (Å²) in [6.45, 7) is -1.50. The lowest BCUT2D eigenvalue weighted by Gasteiger charge is -2.28. The summed E-state index contributed by atoms with van der Waals surface area (Å²) in [5.74, 6) is -3.10. The first-order valence-corrected chi connectivity index (χ1v) is 3.94. The number of carboxylic acids is 1. The van der Waals surface area contributed by atoms with Crippen LogP contribution in [0.4, 0.5) is 0 Å². The molecule has 1 atom stereocenters. The number of nitrogens with zero attached hydrogens (tertiary/aromatic N) is 1. The molecule has 0 saturated heterocycles. The number of carbonyl (C=O) groups is 2. The van der Waals surface area contributed by atoms with Gasteiger partial charge in [0.25, 0.3) is 0 Å². The van der Waals surface area contributed by atoms with E-state index in [9.17, 15) is 14.7 Å². The number of carbonyl (C=O) groups excluding carboxylic acids is 2. The summed E-state index contributed by atoms with van der Waals surface area (Å²) in [6, 6.07) is 0. The minimum atomic E-state index is -3.14. The van der Waals surface area contributed by atoms with E-state index in [0.29, 0.717) is 0 Å². The maximum absolute atomic E-state index is 10.9. The van der Waals surface area contributed by atoms with Crippen LogP contribution in [-0.2, 0) is 14.3 Å². The zero-order valence-corrected chi connectivity index (χ0v) is 8.66. The molecule has 0 aromatic heterocycles. The molecule has 0 saturated carbocycles. The molecule has 0 spiro atoms. The lowest BCUT2D eigenvalue weighted by atomic mass is 10.2. The van der Waals surface area contributed by atoms with Crippen LogP contribution in [0.5, 0.6) is 0 Å². The monoisotopic (exact) mass is 207 g/mol. The first-order valence-electron chi connectivity index (χ1n) is 5.94. The molecule has 5 nitrogen and oxygen atoms in total. The molecule has 0 unspecified atom stereocenters. The molecule has 14 heavy (non-hydrogen) atoms. The number of quaternary nitrogens is 1. The van der Waals surface area contributed by atoms with Crippen molar-refractivity contribution in [3.63, 3.8) is 0 Å². The van der Waals surface area contributed by atoms with Crippen LogP contribution in [0.3, 0.4) is 0 Å². The molecular formula is C9H17NO4. The van der Waals surface area contributed by atoms with Crippen LogP contribution < -0.4 is 5.11 Å². The van der Waals surface area contributed by atoms with Crippen molar-refractivity contribution in [2.24, 2.45) is 0 Å². The maximum atomic E-state index is 10.9. The highest BCUT2D eigenvalue weighted by molar-refractivity contribution is 5.68. The van der Waals surface area contributed by atoms with Crippen LogP contribution in [0.2, 0.25) is 0 Å². The highest BCUT2D eigenvalue weighted by atomic mass is 16.5. The fraction of sp³-hybridized carbons (Fsp3) is 0.778. The molecular weight excluding hydrogens is 186 g/mol. The zero-order chi connectivity index (χ0) is 14.9. The van der Waals surface area contributed by atoms with Gasteiger partial charge in [-0.2, -0.15) is 0 Å². The molecule has 0 radical (unpaired) electrons. The van der Waals surface area contributed by atoms with Crippen LogP contribution >= 0.6 is 0 Å². The normalized spacial score (nSPS) is 19.7. The third kappa shape index (κ3) is 7.54. The SMILES string of the molecule is [2H]C([2H])(C(=O)[O-])[C@@H](OC(C)=O)C([2H])([2H])[N+](C)(C)C. The maximum Gasteiger partial charge on any atom is 0.303 e. The Morgan fingerprint density at radius 2 is 2.00 bits per heavy atom. The second kappa shape index (κ2) is 4.95. The van der Waals surface area contributed by atoms with Crippen molar-refractivity contribution >= 4 is 11.9 Å². The van der Waals surface area contributed by atoms with Gasteiger partial charge in [0.2, 0.25) is 0 Å². The lowest BCUT2D eigenvalue weighted by Crippen LogP contribution is -2.45. The van der Waals surface area contributed by atoms with Gasteiger partial charge in [-0.05, 0) is 0 Å². The molecule has 0 N–H and O–H groups in total. The zero-order valence-electron chi connectivity index (χ0n) is 12.7. The van der Waals surface area contributed by atoms with E-state index >= 15 is 0 Å². The van der Waals surface area contributed by atoms with E-state index < -0.39 is 35.4 Å². The molecule has 0 aliphatic carbocycles. The average molecular weight is 207 g/mol. The largest absolute Gasteiger partial charge is 0.550 e. The van der Waals surface area contributed by atoms with Gasteiger partial charge in [0.05, 0.1) is 23.9 Å². The Balaban J connectivity index is 5.65. The smallest absolute Gasteiger partial charge is 0.303 e. The lowest BCUT2D eigenvalue weighted by molar-refractivity contribution is -0.873. The Bertz CT molecular complexity index is 351. The van der Waals surface area contributed by atoms with Crippen molar-refractivity contribution in [1.29, 1.82) is 0 Å². The number of likely N-dealkylation sites (N-methyl/N-ethyl adjacent to an activating group) is 1. The minimum absolute atomic E-state index is 0.447. The number of aliphatic carboxylic acids is 1. The molecule has 0 aromatic rings. The Hall–Kier alpha value is -1.10. The summed E-state index contributed by atoms with van der Waals surface area (Å²) in [6.07, 6.45) is -5.26. The summed E-state index contributed by atoms with van der Waals surface area (Å²) in [7, 11) is 4.17. The molecule has 0 amide bonds. The quantitative estimate of drug-likeness (QED) is 0.418. The van der Waals surface area contributed by atoms with Crippen molar-refractivity contribution in [3.8, 4) is 0 Å². The number of hydrogen-bond donors (Lipinski definition) is 0. The van der Waals surface area contributed by atoms with E-state index in [1.54, 1.807) is 0 Å². The van der Waals surface area contributed by atoms with Gasteiger partial charge in [-0.15, -0.1) is 0 Å². The summed E-state index contributed by atoms with van der Waals surface area (Å²) < 4.78 is 34.4. The van der Waals surface area contributed by atoms with Gasteiger partial charge in [-0.25, -0.2) is 0 Å². The molecule has 0 fully saturated rings. The second-order valence-electron chi connectivity index (χ2n) is 3.56. The molecule has 0 aliphatic rings. The number of rotatable bonds is 5. The fourth-order valence-electron chi connectivity index (χ4n) is 0.713. The summed E-state index contributed by atoms with van der Waals surface area (Å²) in [5, 5.41) is 10.8. The van der Waals surface area contributed by atoms with Gasteiger partial charge in [0, 0.05) is 22.0 Å². The van der Waals surface area contributed by atoms with Crippen molar-refractivity contribution in [1.82, 2.24) is 0 Å². The van der Waals surface area contributed by atoms with E-state index in [1.165, 1.54) is 21.1 Å².